The Kier molecular flexibility index (Phi) is 3.44. The summed E-state index contributed by atoms with van der Waals surface area (Å²) in [5.41, 5.74) is 0.220. The number of carbonyl (C=O) groups is 2. The summed E-state index contributed by atoms with van der Waals surface area (Å²) in [5, 5.41) is 0. The lowest BCUT2D eigenvalue weighted by Gasteiger charge is -1.91. The molecule has 0 atom stereocenters. The van der Waals surface area contributed by atoms with Gasteiger partial charge in [0.15, 0.2) is 0 Å². The van der Waals surface area contributed by atoms with Gasteiger partial charge in [0, 0.05) is 0 Å². The maximum Gasteiger partial charge on any atom is 0.266 e. The summed E-state index contributed by atoms with van der Waals surface area (Å²) < 4.78 is 24.2. The molecule has 1 aromatic carbocycles. The zero-order chi connectivity index (χ0) is 12.3. The van der Waals surface area contributed by atoms with Crippen LogP contribution in [-0.2, 0) is 14.8 Å². The molecule has 1 aliphatic heterocycles. The molecule has 1 aromatic rings. The van der Waals surface area contributed by atoms with Crippen LogP contribution in [-0.4, -0.2) is 20.1 Å². The minimum Gasteiger partial charge on any atom is -0.300 e. The molecule has 0 unspecified atom stereocenters. The van der Waals surface area contributed by atoms with Crippen LogP contribution in [0.5, 0.6) is 0 Å². The van der Waals surface area contributed by atoms with Gasteiger partial charge >= 0.3 is 0 Å². The smallest absolute Gasteiger partial charge is 0.266 e. The van der Waals surface area contributed by atoms with E-state index in [0.29, 0.717) is 0 Å². The van der Waals surface area contributed by atoms with Crippen molar-refractivity contribution in [3.05, 3.63) is 29.8 Å². The zero-order valence-electron chi connectivity index (χ0n) is 8.85. The Morgan fingerprint density at radius 3 is 2.19 bits per heavy atom. The molecule has 1 amide bonds. The molecule has 0 aliphatic carbocycles. The number of ketones is 1. The normalized spacial score (nSPS) is 15.5. The number of nitrogens with one attached hydrogen (secondary N) is 1. The van der Waals surface area contributed by atoms with Gasteiger partial charge in [-0.05, 0) is 26.0 Å². The van der Waals surface area contributed by atoms with Crippen molar-refractivity contribution in [2.75, 3.05) is 0 Å². The maximum absolute atomic E-state index is 11.1. The first kappa shape index (κ1) is 12.4. The van der Waals surface area contributed by atoms with Gasteiger partial charge in [-0.15, -0.1) is 0 Å². The highest BCUT2D eigenvalue weighted by molar-refractivity contribution is 7.90. The molecular formula is C10H11NO4S. The molecule has 0 saturated heterocycles. The second-order valence-electron chi connectivity index (χ2n) is 3.34. The molecule has 0 bridgehead atoms. The summed E-state index contributed by atoms with van der Waals surface area (Å²) in [6.45, 7) is 3.06. The first-order valence-corrected chi connectivity index (χ1v) is 5.96. The Morgan fingerprint density at radius 2 is 1.69 bits per heavy atom. The van der Waals surface area contributed by atoms with Crippen molar-refractivity contribution in [3.8, 4) is 0 Å². The summed E-state index contributed by atoms with van der Waals surface area (Å²) >= 11 is 0. The van der Waals surface area contributed by atoms with Crippen LogP contribution in [0.2, 0.25) is 0 Å². The van der Waals surface area contributed by atoms with Crippen LogP contribution >= 0.6 is 0 Å². The van der Waals surface area contributed by atoms with Gasteiger partial charge in [-0.3, -0.25) is 4.79 Å². The molecule has 6 heteroatoms. The number of hydrogen-bond donors (Lipinski definition) is 1. The Bertz CT molecular complexity index is 530. The molecule has 86 valence electrons. The Balaban J connectivity index is 0.000000280. The van der Waals surface area contributed by atoms with Crippen LogP contribution in [0.4, 0.5) is 0 Å². The molecular weight excluding hydrogens is 230 g/mol. The number of fused-ring (bicyclic) bond motifs is 1. The van der Waals surface area contributed by atoms with Gasteiger partial charge in [0.05, 0.1) is 5.56 Å². The lowest BCUT2D eigenvalue weighted by atomic mass is 10.2. The second kappa shape index (κ2) is 4.44. The van der Waals surface area contributed by atoms with E-state index in [1.807, 2.05) is 4.72 Å². The fourth-order valence-electron chi connectivity index (χ4n) is 1.12. The molecule has 1 aliphatic rings. The molecule has 0 saturated carbocycles. The highest BCUT2D eigenvalue weighted by atomic mass is 32.2. The average Bonchev–Trinajstić information content (AvgIpc) is 2.38. The van der Waals surface area contributed by atoms with Crippen molar-refractivity contribution in [2.24, 2.45) is 0 Å². The number of carbonyl (C=O) groups excluding carboxylic acids is 2. The molecule has 5 nitrogen and oxygen atoms in total. The van der Waals surface area contributed by atoms with Gasteiger partial charge in [-0.25, -0.2) is 13.1 Å². The fraction of sp³-hybridized carbons (Fsp3) is 0.200. The van der Waals surface area contributed by atoms with Crippen LogP contribution in [0.1, 0.15) is 24.2 Å². The van der Waals surface area contributed by atoms with E-state index < -0.39 is 15.9 Å². The predicted molar refractivity (Wildman–Crippen MR) is 57.4 cm³/mol. The second-order valence-corrected chi connectivity index (χ2v) is 4.99. The van der Waals surface area contributed by atoms with Crippen LogP contribution < -0.4 is 4.72 Å². The molecule has 1 heterocycles. The Hall–Kier alpha value is -1.69. The zero-order valence-corrected chi connectivity index (χ0v) is 9.67. The van der Waals surface area contributed by atoms with Crippen molar-refractivity contribution < 1.29 is 18.0 Å². The van der Waals surface area contributed by atoms with Crippen molar-refractivity contribution in [2.45, 2.75) is 18.7 Å². The molecule has 0 fully saturated rings. The molecule has 0 radical (unpaired) electrons. The third kappa shape index (κ3) is 2.66. The lowest BCUT2D eigenvalue weighted by molar-refractivity contribution is -0.114. The average molecular weight is 241 g/mol. The third-order valence-electron chi connectivity index (χ3n) is 1.65. The first-order valence-electron chi connectivity index (χ1n) is 4.48. The summed E-state index contributed by atoms with van der Waals surface area (Å²) in [6, 6.07) is 6.09. The summed E-state index contributed by atoms with van der Waals surface area (Å²) in [4.78, 5) is 20.5. The van der Waals surface area contributed by atoms with E-state index in [-0.39, 0.29) is 16.2 Å². The summed E-state index contributed by atoms with van der Waals surface area (Å²) in [6.07, 6.45) is 0. The monoisotopic (exact) mass is 241 g/mol. The van der Waals surface area contributed by atoms with E-state index in [2.05, 4.69) is 0 Å². The summed E-state index contributed by atoms with van der Waals surface area (Å²) in [7, 11) is -3.55. The van der Waals surface area contributed by atoms with Crippen molar-refractivity contribution in [1.82, 2.24) is 4.72 Å². The SMILES string of the molecule is CC(C)=O.O=C1NS(=O)(=O)c2ccccc21. The van der Waals surface area contributed by atoms with Crippen LogP contribution in [0, 0.1) is 0 Å². The molecule has 1 N–H and O–H groups in total. The highest BCUT2D eigenvalue weighted by Gasteiger charge is 2.31. The van der Waals surface area contributed by atoms with Gasteiger partial charge in [0.1, 0.15) is 10.7 Å². The quantitative estimate of drug-likeness (QED) is 0.725. The minimum atomic E-state index is -3.55. The third-order valence-corrected chi connectivity index (χ3v) is 3.04. The van der Waals surface area contributed by atoms with Crippen LogP contribution in [0.3, 0.4) is 0 Å². The predicted octanol–water partition coefficient (Wildman–Crippen LogP) is 0.714. The standard InChI is InChI=1S/C7H5NO3S.C3H6O/c9-7-5-3-1-2-4-6(5)12(10,11)8-7;1-3(2)4/h1-4H,(H,8,9);1-2H3. The van der Waals surface area contributed by atoms with Gasteiger partial charge < -0.3 is 4.79 Å². The van der Waals surface area contributed by atoms with Crippen molar-refractivity contribution in [3.63, 3.8) is 0 Å². The van der Waals surface area contributed by atoms with E-state index >= 15 is 0 Å². The number of benzene rings is 1. The fourth-order valence-corrected chi connectivity index (χ4v) is 2.29. The molecule has 2 rings (SSSR count). The number of sulfonamides is 1. The largest absolute Gasteiger partial charge is 0.300 e. The van der Waals surface area contributed by atoms with Gasteiger partial charge in [-0.2, -0.15) is 0 Å². The van der Waals surface area contributed by atoms with Gasteiger partial charge in [0.25, 0.3) is 15.9 Å². The number of amides is 1. The van der Waals surface area contributed by atoms with Crippen molar-refractivity contribution in [1.29, 1.82) is 0 Å². The van der Waals surface area contributed by atoms with Crippen LogP contribution in [0.15, 0.2) is 29.2 Å². The Labute approximate surface area is 93.5 Å². The van der Waals surface area contributed by atoms with E-state index in [9.17, 15) is 18.0 Å². The summed E-state index contributed by atoms with van der Waals surface area (Å²) in [5.74, 6) is -0.384. The molecule has 16 heavy (non-hydrogen) atoms. The van der Waals surface area contributed by atoms with E-state index in [0.717, 1.165) is 0 Å². The maximum atomic E-state index is 11.1. The minimum absolute atomic E-state index is 0.0648. The van der Waals surface area contributed by atoms with Crippen LogP contribution in [0.25, 0.3) is 0 Å². The van der Waals surface area contributed by atoms with E-state index in [1.54, 1.807) is 12.1 Å². The molecule has 0 spiro atoms. The topological polar surface area (TPSA) is 80.3 Å². The van der Waals surface area contributed by atoms with E-state index in [1.165, 1.54) is 26.0 Å². The number of rotatable bonds is 0. The number of hydrogen-bond acceptors (Lipinski definition) is 4. The first-order chi connectivity index (χ1) is 7.34. The number of Topliss-reactive ketones (excluding diaryl/α,β-unsaturated/α-hetero) is 1. The van der Waals surface area contributed by atoms with Crippen molar-refractivity contribution >= 4 is 21.7 Å². The highest BCUT2D eigenvalue weighted by Crippen LogP contribution is 2.20. The van der Waals surface area contributed by atoms with Gasteiger partial charge in [-0.1, -0.05) is 12.1 Å². The Morgan fingerprint density at radius 1 is 1.19 bits per heavy atom. The van der Waals surface area contributed by atoms with Gasteiger partial charge in [0.2, 0.25) is 0 Å². The lowest BCUT2D eigenvalue weighted by Crippen LogP contribution is -2.20. The van der Waals surface area contributed by atoms with E-state index in [4.69, 9.17) is 0 Å². The molecule has 0 aromatic heterocycles.